The molecule has 6 nitrogen and oxygen atoms in total. The van der Waals surface area contributed by atoms with E-state index in [9.17, 15) is 14.4 Å². The van der Waals surface area contributed by atoms with Crippen LogP contribution in [0.2, 0.25) is 0 Å². The fraction of sp³-hybridized carbons (Fsp3) is 0.471. The molecule has 0 aliphatic heterocycles. The second kappa shape index (κ2) is 8.31. The van der Waals surface area contributed by atoms with Crippen molar-refractivity contribution in [1.29, 1.82) is 0 Å². The Morgan fingerprint density at radius 2 is 2.00 bits per heavy atom. The van der Waals surface area contributed by atoms with Gasteiger partial charge in [0, 0.05) is 19.5 Å². The van der Waals surface area contributed by atoms with Crippen LogP contribution in [0.3, 0.4) is 0 Å². The Morgan fingerprint density at radius 3 is 2.61 bits per heavy atom. The van der Waals surface area contributed by atoms with Crippen molar-refractivity contribution in [2.45, 2.75) is 46.6 Å². The Balaban J connectivity index is 0.00000127. The molecule has 1 heterocycles. The van der Waals surface area contributed by atoms with Crippen LogP contribution in [-0.4, -0.2) is 21.5 Å². The number of imide groups is 1. The Kier molecular flexibility index (Phi) is 6.75. The fourth-order valence-corrected chi connectivity index (χ4v) is 2.67. The molecule has 1 aromatic carbocycles. The lowest BCUT2D eigenvalue weighted by molar-refractivity contribution is -0.125. The first-order chi connectivity index (χ1) is 11.0. The highest BCUT2D eigenvalue weighted by Gasteiger charge is 2.17. The van der Waals surface area contributed by atoms with E-state index in [2.05, 4.69) is 5.32 Å². The molecule has 2 aromatic rings. The molecule has 0 bridgehead atoms. The molecule has 1 aromatic heterocycles. The number of rotatable bonds is 5. The highest BCUT2D eigenvalue weighted by Crippen LogP contribution is 2.21. The summed E-state index contributed by atoms with van der Waals surface area (Å²) in [7, 11) is 1.75. The summed E-state index contributed by atoms with van der Waals surface area (Å²) < 4.78 is 3.34. The van der Waals surface area contributed by atoms with E-state index >= 15 is 0 Å². The molecule has 0 saturated heterocycles. The molecule has 0 radical (unpaired) electrons. The zero-order chi connectivity index (χ0) is 17.6. The molecule has 1 unspecified atom stereocenters. The van der Waals surface area contributed by atoms with Gasteiger partial charge in [0.2, 0.25) is 12.3 Å². The van der Waals surface area contributed by atoms with Gasteiger partial charge in [-0.1, -0.05) is 26.0 Å². The van der Waals surface area contributed by atoms with Gasteiger partial charge in [-0.2, -0.15) is 0 Å². The van der Waals surface area contributed by atoms with Crippen LogP contribution in [-0.2, 0) is 16.6 Å². The van der Waals surface area contributed by atoms with Crippen LogP contribution in [0.25, 0.3) is 11.0 Å². The number of carbonyl (C=O) groups is 2. The van der Waals surface area contributed by atoms with Crippen LogP contribution < -0.4 is 11.0 Å². The number of hydrogen-bond donors (Lipinski definition) is 1. The first-order valence-electron chi connectivity index (χ1n) is 7.87. The summed E-state index contributed by atoms with van der Waals surface area (Å²) in [5, 5.41) is 2.11. The second-order valence-electron chi connectivity index (χ2n) is 5.23. The minimum Gasteiger partial charge on any atom is -0.299 e. The molecule has 0 fully saturated rings. The van der Waals surface area contributed by atoms with Gasteiger partial charge in [-0.25, -0.2) is 4.79 Å². The predicted molar refractivity (Wildman–Crippen MR) is 91.4 cm³/mol. The average Bonchev–Trinajstić information content (AvgIpc) is 2.80. The van der Waals surface area contributed by atoms with Crippen molar-refractivity contribution in [2.24, 2.45) is 7.05 Å². The molecule has 126 valence electrons. The third kappa shape index (κ3) is 3.88. The number of nitrogens with zero attached hydrogens (tertiary/aromatic N) is 2. The van der Waals surface area contributed by atoms with Gasteiger partial charge in [0.1, 0.15) is 0 Å². The first kappa shape index (κ1) is 18.7. The molecule has 2 rings (SSSR count). The van der Waals surface area contributed by atoms with Crippen LogP contribution in [0.1, 0.15) is 45.2 Å². The van der Waals surface area contributed by atoms with Crippen LogP contribution >= 0.6 is 0 Å². The average molecular weight is 319 g/mol. The van der Waals surface area contributed by atoms with Crippen molar-refractivity contribution in [3.05, 3.63) is 34.2 Å². The van der Waals surface area contributed by atoms with Crippen molar-refractivity contribution >= 4 is 23.4 Å². The Morgan fingerprint density at radius 1 is 1.35 bits per heavy atom. The quantitative estimate of drug-likeness (QED) is 0.859. The summed E-state index contributed by atoms with van der Waals surface area (Å²) in [5.74, 6) is -0.332. The van der Waals surface area contributed by atoms with Gasteiger partial charge >= 0.3 is 5.69 Å². The number of imidazole rings is 1. The van der Waals surface area contributed by atoms with Crippen LogP contribution in [0.5, 0.6) is 0 Å². The Labute approximate surface area is 136 Å². The Bertz CT molecular complexity index is 743. The number of aromatic nitrogens is 2. The van der Waals surface area contributed by atoms with Gasteiger partial charge in [-0.15, -0.1) is 0 Å². The van der Waals surface area contributed by atoms with Crippen molar-refractivity contribution in [2.75, 3.05) is 0 Å². The number of aryl methyl sites for hydroxylation is 2. The maximum Gasteiger partial charge on any atom is 0.329 e. The van der Waals surface area contributed by atoms with E-state index in [1.54, 1.807) is 16.2 Å². The number of hydrogen-bond acceptors (Lipinski definition) is 3. The predicted octanol–water partition coefficient (Wildman–Crippen LogP) is 2.29. The van der Waals surface area contributed by atoms with Crippen molar-refractivity contribution < 1.29 is 9.59 Å². The molecule has 1 N–H and O–H groups in total. The highest BCUT2D eigenvalue weighted by molar-refractivity contribution is 5.85. The largest absolute Gasteiger partial charge is 0.329 e. The summed E-state index contributed by atoms with van der Waals surface area (Å²) in [4.78, 5) is 34.0. The van der Waals surface area contributed by atoms with E-state index in [-0.39, 0.29) is 24.1 Å². The molecule has 2 amide bonds. The van der Waals surface area contributed by atoms with E-state index < -0.39 is 0 Å². The van der Waals surface area contributed by atoms with Crippen molar-refractivity contribution in [3.8, 4) is 0 Å². The molecule has 0 aliphatic rings. The summed E-state index contributed by atoms with van der Waals surface area (Å²) in [5.41, 5.74) is 2.72. The number of para-hydroxylation sites is 1. The minimum absolute atomic E-state index is 0.0948. The zero-order valence-electron chi connectivity index (χ0n) is 14.4. The maximum atomic E-state index is 12.4. The summed E-state index contributed by atoms with van der Waals surface area (Å²) in [6, 6.07) is 5.67. The van der Waals surface area contributed by atoms with E-state index in [4.69, 9.17) is 0 Å². The molecule has 0 saturated carbocycles. The van der Waals surface area contributed by atoms with Gasteiger partial charge in [0.25, 0.3) is 0 Å². The maximum absolute atomic E-state index is 12.4. The van der Waals surface area contributed by atoms with Crippen LogP contribution in [0.15, 0.2) is 23.0 Å². The molecule has 1 atom stereocenters. The Hall–Kier alpha value is -2.37. The third-order valence-corrected chi connectivity index (χ3v) is 3.75. The lowest BCUT2D eigenvalue weighted by atomic mass is 10.1. The summed E-state index contributed by atoms with van der Waals surface area (Å²) >= 11 is 0. The molecule has 23 heavy (non-hydrogen) atoms. The van der Waals surface area contributed by atoms with Crippen LogP contribution in [0, 0.1) is 6.92 Å². The lowest BCUT2D eigenvalue weighted by Gasteiger charge is -2.13. The van der Waals surface area contributed by atoms with E-state index in [1.165, 1.54) is 0 Å². The van der Waals surface area contributed by atoms with Crippen molar-refractivity contribution in [3.63, 3.8) is 0 Å². The third-order valence-electron chi connectivity index (χ3n) is 3.75. The van der Waals surface area contributed by atoms with Crippen LogP contribution in [0.4, 0.5) is 0 Å². The summed E-state index contributed by atoms with van der Waals surface area (Å²) in [6.07, 6.45) is 1.07. The van der Waals surface area contributed by atoms with E-state index in [0.717, 1.165) is 16.6 Å². The van der Waals surface area contributed by atoms with Gasteiger partial charge in [-0.3, -0.25) is 24.0 Å². The van der Waals surface area contributed by atoms with Gasteiger partial charge in [0.15, 0.2) is 0 Å². The standard InChI is InChI=1S/C15H19N3O3.C2H6/c1-10-5-4-6-12-14(10)17(3)15(21)18(12)11(2)7-8-13(20)16-9-19;1-2/h4-6,9,11H,7-8H2,1-3H3,(H,16,19,20);1-2H3. The molecule has 6 heteroatoms. The van der Waals surface area contributed by atoms with Gasteiger partial charge < -0.3 is 0 Å². The molecular weight excluding hydrogens is 294 g/mol. The van der Waals surface area contributed by atoms with Gasteiger partial charge in [0.05, 0.1) is 11.0 Å². The smallest absolute Gasteiger partial charge is 0.299 e. The fourth-order valence-electron chi connectivity index (χ4n) is 2.67. The minimum atomic E-state index is -0.332. The normalized spacial score (nSPS) is 11.5. The molecular formula is C17H25N3O3. The zero-order valence-corrected chi connectivity index (χ0v) is 14.4. The van der Waals surface area contributed by atoms with E-state index in [1.807, 2.05) is 45.9 Å². The number of carbonyl (C=O) groups excluding carboxylic acids is 2. The topological polar surface area (TPSA) is 73.1 Å². The molecule has 0 spiro atoms. The number of fused-ring (bicyclic) bond motifs is 1. The summed E-state index contributed by atoms with van der Waals surface area (Å²) in [6.45, 7) is 7.87. The van der Waals surface area contributed by atoms with E-state index in [0.29, 0.717) is 12.8 Å². The van der Waals surface area contributed by atoms with Gasteiger partial charge in [-0.05, 0) is 31.9 Å². The molecule has 0 aliphatic carbocycles. The monoisotopic (exact) mass is 319 g/mol. The number of amides is 2. The second-order valence-corrected chi connectivity index (χ2v) is 5.23. The SMILES string of the molecule is CC.Cc1cccc2c1n(C)c(=O)n2C(C)CCC(=O)NC=O. The first-order valence-corrected chi connectivity index (χ1v) is 7.87. The lowest BCUT2D eigenvalue weighted by Crippen LogP contribution is -2.27. The number of benzene rings is 1. The van der Waals surface area contributed by atoms with Crippen molar-refractivity contribution in [1.82, 2.24) is 14.5 Å². The highest BCUT2D eigenvalue weighted by atomic mass is 16.2. The number of nitrogens with one attached hydrogen (secondary N) is 1.